The molecule has 152 valence electrons. The number of benzene rings is 2. The summed E-state index contributed by atoms with van der Waals surface area (Å²) in [5.41, 5.74) is 5.10. The fourth-order valence-electron chi connectivity index (χ4n) is 2.42. The zero-order valence-corrected chi connectivity index (χ0v) is 17.2. The summed E-state index contributed by atoms with van der Waals surface area (Å²) in [5, 5.41) is 0. The van der Waals surface area contributed by atoms with Crippen molar-refractivity contribution in [3.05, 3.63) is 54.6 Å². The van der Waals surface area contributed by atoms with E-state index < -0.39 is 28.8 Å². The van der Waals surface area contributed by atoms with Crippen LogP contribution in [0, 0.1) is 0 Å². The first-order valence-electron chi connectivity index (χ1n) is 8.73. The van der Waals surface area contributed by atoms with Gasteiger partial charge >= 0.3 is 0 Å². The third-order valence-corrected chi connectivity index (χ3v) is 7.02. The fourth-order valence-corrected chi connectivity index (χ4v) is 4.37. The van der Waals surface area contributed by atoms with E-state index in [1.165, 1.54) is 12.1 Å². The van der Waals surface area contributed by atoms with Gasteiger partial charge in [-0.2, -0.15) is 0 Å². The van der Waals surface area contributed by atoms with E-state index in [1.807, 2.05) is 18.2 Å². The molecule has 2 rings (SSSR count). The summed E-state index contributed by atoms with van der Waals surface area (Å²) < 4.78 is 41.8. The lowest BCUT2D eigenvalue weighted by atomic mass is 10.1. The van der Waals surface area contributed by atoms with E-state index in [9.17, 15) is 22.7 Å². The maximum absolute atomic E-state index is 12.5. The second-order valence-corrected chi connectivity index (χ2v) is 10.9. The summed E-state index contributed by atoms with van der Waals surface area (Å²) in [6.07, 6.45) is 0.172. The van der Waals surface area contributed by atoms with Crippen LogP contribution in [-0.4, -0.2) is 37.3 Å². The number of sulfone groups is 1. The van der Waals surface area contributed by atoms with Gasteiger partial charge in [-0.15, -0.1) is 0 Å². The first kappa shape index (κ1) is 22.3. The molecule has 9 heteroatoms. The van der Waals surface area contributed by atoms with Gasteiger partial charge in [0.25, 0.3) is 7.37 Å². The summed E-state index contributed by atoms with van der Waals surface area (Å²) in [6, 6.07) is 14.7. The van der Waals surface area contributed by atoms with Crippen LogP contribution in [0.4, 0.5) is 0 Å². The van der Waals surface area contributed by atoms with Crippen LogP contribution in [0.15, 0.2) is 59.5 Å². The van der Waals surface area contributed by atoms with Gasteiger partial charge < -0.3 is 15.4 Å². The Morgan fingerprint density at radius 3 is 2.21 bits per heavy atom. The molecular formula is C19H24NO6PS. The maximum atomic E-state index is 12.5. The summed E-state index contributed by atoms with van der Waals surface area (Å²) in [7, 11) is -7.30. The van der Waals surface area contributed by atoms with Gasteiger partial charge in [0, 0.05) is 19.1 Å². The van der Waals surface area contributed by atoms with Crippen LogP contribution in [0.25, 0.3) is 0 Å². The second-order valence-electron chi connectivity index (χ2n) is 6.57. The summed E-state index contributed by atoms with van der Waals surface area (Å²) in [6.45, 7) is 0.983. The number of hydrogen-bond donors (Lipinski definition) is 2. The van der Waals surface area contributed by atoms with Crippen LogP contribution in [0.3, 0.4) is 0 Å². The number of rotatable bonds is 10. The van der Waals surface area contributed by atoms with E-state index in [1.54, 1.807) is 24.3 Å². The molecule has 0 heterocycles. The quantitative estimate of drug-likeness (QED) is 0.560. The minimum absolute atomic E-state index is 0.142. The van der Waals surface area contributed by atoms with Crippen LogP contribution in [0.1, 0.15) is 19.3 Å². The highest BCUT2D eigenvalue weighted by atomic mass is 32.2. The zero-order chi connectivity index (χ0) is 20.8. The molecule has 0 aliphatic rings. The Morgan fingerprint density at radius 1 is 1.07 bits per heavy atom. The van der Waals surface area contributed by atoms with Crippen LogP contribution in [0.2, 0.25) is 0 Å². The van der Waals surface area contributed by atoms with E-state index in [4.69, 9.17) is 10.5 Å². The molecular weight excluding hydrogens is 401 g/mol. The first-order chi connectivity index (χ1) is 13.1. The van der Waals surface area contributed by atoms with E-state index in [0.717, 1.165) is 6.66 Å². The molecule has 0 spiro atoms. The third-order valence-electron chi connectivity index (χ3n) is 4.11. The van der Waals surface area contributed by atoms with Crippen molar-refractivity contribution < 1.29 is 27.4 Å². The smallest absolute Gasteiger partial charge is 0.261 e. The van der Waals surface area contributed by atoms with Crippen molar-refractivity contribution >= 4 is 22.7 Å². The number of carbonyl (C=O) groups is 1. The van der Waals surface area contributed by atoms with Crippen molar-refractivity contribution in [2.75, 3.05) is 12.4 Å². The Kier molecular flexibility index (Phi) is 7.55. The Labute approximate surface area is 164 Å². The lowest BCUT2D eigenvalue weighted by molar-refractivity contribution is -0.112. The van der Waals surface area contributed by atoms with Gasteiger partial charge in [0.15, 0.2) is 9.84 Å². The van der Waals surface area contributed by atoms with Gasteiger partial charge in [0.1, 0.15) is 11.5 Å². The monoisotopic (exact) mass is 425 g/mol. The molecule has 3 N–H and O–H groups in total. The molecule has 1 unspecified atom stereocenters. The average molecular weight is 425 g/mol. The third kappa shape index (κ3) is 6.87. The molecule has 2 aromatic rings. The standard InChI is InChI=1S/C19H24NO6PS/c1-27(22,23)19(21)12-7-15(20)13-14-28(24,25)18-10-8-17(9-11-18)26-16-5-3-2-4-6-16/h2-6,8-11,15H,7,12-14,20H2,1H3,(H,22,23)/t15-/m0/s1. The number of ether oxygens (including phenoxy) is 1. The minimum atomic E-state index is -3.77. The predicted octanol–water partition coefficient (Wildman–Crippen LogP) is 3.18. The summed E-state index contributed by atoms with van der Waals surface area (Å²) in [4.78, 5) is 20.8. The Morgan fingerprint density at radius 2 is 1.64 bits per heavy atom. The molecule has 0 aliphatic heterocycles. The second kappa shape index (κ2) is 9.47. The van der Waals surface area contributed by atoms with Crippen molar-refractivity contribution in [2.45, 2.75) is 30.2 Å². The van der Waals surface area contributed by atoms with Gasteiger partial charge in [-0.3, -0.25) is 9.36 Å². The number of nitrogens with two attached hydrogens (primary N) is 1. The summed E-state index contributed by atoms with van der Waals surface area (Å²) >= 11 is 0. The summed E-state index contributed by atoms with van der Waals surface area (Å²) in [5.74, 6) is 0.996. The lowest BCUT2D eigenvalue weighted by Gasteiger charge is -2.12. The molecule has 2 aromatic carbocycles. The largest absolute Gasteiger partial charge is 0.457 e. The van der Waals surface area contributed by atoms with Crippen LogP contribution < -0.4 is 10.5 Å². The Hall–Kier alpha value is -1.99. The van der Waals surface area contributed by atoms with E-state index in [-0.39, 0.29) is 29.9 Å². The number of para-hydroxylation sites is 1. The van der Waals surface area contributed by atoms with E-state index in [2.05, 4.69) is 0 Å². The fraction of sp³-hybridized carbons (Fsp3) is 0.316. The number of hydrogen-bond acceptors (Lipinski definition) is 6. The van der Waals surface area contributed by atoms with Crippen LogP contribution >= 0.6 is 7.37 Å². The Balaban J connectivity index is 1.90. The van der Waals surface area contributed by atoms with Crippen molar-refractivity contribution in [1.82, 2.24) is 0 Å². The highest BCUT2D eigenvalue weighted by Gasteiger charge is 2.23. The van der Waals surface area contributed by atoms with Gasteiger partial charge in [0.2, 0.25) is 5.52 Å². The van der Waals surface area contributed by atoms with Gasteiger partial charge in [0.05, 0.1) is 10.6 Å². The van der Waals surface area contributed by atoms with Crippen molar-refractivity contribution in [2.24, 2.45) is 5.73 Å². The number of carbonyl (C=O) groups excluding carboxylic acids is 1. The van der Waals surface area contributed by atoms with Crippen molar-refractivity contribution in [3.63, 3.8) is 0 Å². The van der Waals surface area contributed by atoms with Crippen molar-refractivity contribution in [1.29, 1.82) is 0 Å². The van der Waals surface area contributed by atoms with Crippen LogP contribution in [-0.2, 0) is 19.2 Å². The van der Waals surface area contributed by atoms with Gasteiger partial charge in [-0.1, -0.05) is 18.2 Å². The molecule has 0 aliphatic carbocycles. The normalized spacial score (nSPS) is 14.8. The zero-order valence-electron chi connectivity index (χ0n) is 15.5. The topological polar surface area (TPSA) is 124 Å². The molecule has 0 fully saturated rings. The molecule has 7 nitrogen and oxygen atoms in total. The van der Waals surface area contributed by atoms with Gasteiger partial charge in [-0.05, 0) is 49.2 Å². The molecule has 0 amide bonds. The molecule has 0 saturated heterocycles. The van der Waals surface area contributed by atoms with Crippen LogP contribution in [0.5, 0.6) is 11.5 Å². The Bertz CT molecular complexity index is 938. The minimum Gasteiger partial charge on any atom is -0.457 e. The molecule has 0 radical (unpaired) electrons. The lowest BCUT2D eigenvalue weighted by Crippen LogP contribution is -2.24. The molecule has 0 saturated carbocycles. The average Bonchev–Trinajstić information content (AvgIpc) is 2.65. The SMILES string of the molecule is CP(=O)(O)C(=O)CC[C@H](N)CCS(=O)(=O)c1ccc(Oc2ccccc2)cc1. The van der Waals surface area contributed by atoms with E-state index in [0.29, 0.717) is 11.5 Å². The molecule has 0 aromatic heterocycles. The predicted molar refractivity (Wildman–Crippen MR) is 108 cm³/mol. The van der Waals surface area contributed by atoms with Gasteiger partial charge in [-0.25, -0.2) is 8.42 Å². The van der Waals surface area contributed by atoms with Crippen molar-refractivity contribution in [3.8, 4) is 11.5 Å². The van der Waals surface area contributed by atoms with E-state index >= 15 is 0 Å². The first-order valence-corrected chi connectivity index (χ1v) is 12.5. The molecule has 28 heavy (non-hydrogen) atoms. The highest BCUT2D eigenvalue weighted by molar-refractivity contribution is 7.91. The molecule has 0 bridgehead atoms. The maximum Gasteiger partial charge on any atom is 0.261 e. The highest BCUT2D eigenvalue weighted by Crippen LogP contribution is 2.38. The molecule has 2 atom stereocenters.